The minimum atomic E-state index is -0.603. The minimum absolute atomic E-state index is 0.0129. The Morgan fingerprint density at radius 1 is 0.326 bits per heavy atom. The van der Waals surface area contributed by atoms with Crippen LogP contribution in [0.25, 0.3) is 0 Å². The maximum absolute atomic E-state index is 5.55. The van der Waals surface area contributed by atoms with E-state index in [9.17, 15) is 0 Å². The van der Waals surface area contributed by atoms with Crippen LogP contribution in [0.5, 0.6) is 23.0 Å². The lowest BCUT2D eigenvalue weighted by Gasteiger charge is -2.37. The van der Waals surface area contributed by atoms with Gasteiger partial charge in [-0.05, 0) is 87.5 Å². The monoisotopic (exact) mass is 606 g/mol. The second kappa shape index (κ2) is 13.7. The van der Waals surface area contributed by atoms with Crippen LogP contribution in [0.15, 0.2) is 152 Å². The van der Waals surface area contributed by atoms with E-state index in [4.69, 9.17) is 18.9 Å². The molecule has 6 rings (SSSR count). The van der Waals surface area contributed by atoms with E-state index >= 15 is 0 Å². The molecule has 0 amide bonds. The van der Waals surface area contributed by atoms with Gasteiger partial charge in [0.2, 0.25) is 0 Å². The Kier molecular flexibility index (Phi) is 9.07. The molecule has 0 aliphatic heterocycles. The van der Waals surface area contributed by atoms with E-state index in [-0.39, 0.29) is 5.92 Å². The van der Waals surface area contributed by atoms with Crippen LogP contribution in [0.4, 0.5) is 0 Å². The number of hydrogen-bond acceptors (Lipinski definition) is 4. The fourth-order valence-corrected chi connectivity index (χ4v) is 6.47. The highest BCUT2D eigenvalue weighted by atomic mass is 16.5. The van der Waals surface area contributed by atoms with E-state index in [1.165, 1.54) is 22.3 Å². The Morgan fingerprint density at radius 2 is 0.587 bits per heavy atom. The summed E-state index contributed by atoms with van der Waals surface area (Å²) in [5.74, 6) is 3.31. The third-order valence-corrected chi connectivity index (χ3v) is 8.83. The Bertz CT molecular complexity index is 1730. The Balaban J connectivity index is 1.55. The number of methoxy groups -OCH3 is 4. The van der Waals surface area contributed by atoms with Gasteiger partial charge < -0.3 is 18.9 Å². The van der Waals surface area contributed by atoms with Crippen LogP contribution >= 0.6 is 0 Å². The molecule has 0 atom stereocenters. The Morgan fingerprint density at radius 3 is 0.913 bits per heavy atom. The summed E-state index contributed by atoms with van der Waals surface area (Å²) in [6.07, 6.45) is 0. The molecule has 4 nitrogen and oxygen atoms in total. The van der Waals surface area contributed by atoms with Crippen molar-refractivity contribution in [2.45, 2.75) is 11.3 Å². The molecule has 6 aromatic carbocycles. The molecule has 0 aromatic heterocycles. The van der Waals surface area contributed by atoms with Gasteiger partial charge >= 0.3 is 0 Å². The van der Waals surface area contributed by atoms with E-state index in [0.29, 0.717) is 0 Å². The van der Waals surface area contributed by atoms with Gasteiger partial charge in [-0.2, -0.15) is 0 Å². The van der Waals surface area contributed by atoms with Gasteiger partial charge in [-0.15, -0.1) is 0 Å². The Labute approximate surface area is 271 Å². The van der Waals surface area contributed by atoms with E-state index in [0.717, 1.165) is 39.7 Å². The normalized spacial score (nSPS) is 11.2. The number of benzene rings is 6. The van der Waals surface area contributed by atoms with E-state index in [1.807, 2.05) is 48.5 Å². The van der Waals surface area contributed by atoms with Gasteiger partial charge in [0.05, 0.1) is 33.9 Å². The molecule has 0 radical (unpaired) electrons. The Hall–Kier alpha value is -5.48. The molecular formula is C42H38O4. The van der Waals surface area contributed by atoms with Crippen molar-refractivity contribution in [2.24, 2.45) is 0 Å². The predicted octanol–water partition coefficient (Wildman–Crippen LogP) is 9.28. The molecule has 4 heteroatoms. The van der Waals surface area contributed by atoms with Gasteiger partial charge in [0.1, 0.15) is 23.0 Å². The van der Waals surface area contributed by atoms with Crippen molar-refractivity contribution in [3.05, 3.63) is 191 Å². The highest BCUT2D eigenvalue weighted by molar-refractivity contribution is 5.61. The van der Waals surface area contributed by atoms with Crippen molar-refractivity contribution < 1.29 is 18.9 Å². The highest BCUT2D eigenvalue weighted by Gasteiger charge is 2.38. The van der Waals surface area contributed by atoms with Gasteiger partial charge in [-0.3, -0.25) is 0 Å². The van der Waals surface area contributed by atoms with Crippen LogP contribution in [0.1, 0.15) is 44.9 Å². The van der Waals surface area contributed by atoms with Crippen molar-refractivity contribution in [3.8, 4) is 23.0 Å². The SMILES string of the molecule is COc1ccc(C(c2ccc(OC)cc2)c2ccc(C(c3ccccc3)(c3ccc(OC)cc3)c3ccc(OC)cc3)cc2)cc1. The zero-order valence-electron chi connectivity index (χ0n) is 26.6. The third kappa shape index (κ3) is 5.82. The van der Waals surface area contributed by atoms with Crippen LogP contribution in [0, 0.1) is 0 Å². The van der Waals surface area contributed by atoms with E-state index in [1.54, 1.807) is 28.4 Å². The summed E-state index contributed by atoms with van der Waals surface area (Å²) < 4.78 is 22.0. The van der Waals surface area contributed by atoms with Crippen molar-refractivity contribution in [1.29, 1.82) is 0 Å². The highest BCUT2D eigenvalue weighted by Crippen LogP contribution is 2.46. The molecule has 0 aliphatic carbocycles. The third-order valence-electron chi connectivity index (χ3n) is 8.83. The number of ether oxygens (including phenoxy) is 4. The summed E-state index contributed by atoms with van der Waals surface area (Å²) in [4.78, 5) is 0. The topological polar surface area (TPSA) is 36.9 Å². The summed E-state index contributed by atoms with van der Waals surface area (Å²) in [6.45, 7) is 0. The molecule has 0 unspecified atom stereocenters. The molecule has 0 bridgehead atoms. The summed E-state index contributed by atoms with van der Waals surface area (Å²) in [7, 11) is 6.78. The predicted molar refractivity (Wildman–Crippen MR) is 185 cm³/mol. The van der Waals surface area contributed by atoms with Gasteiger partial charge in [-0.1, -0.05) is 103 Å². The molecule has 0 N–H and O–H groups in total. The average molecular weight is 607 g/mol. The van der Waals surface area contributed by atoms with Crippen molar-refractivity contribution in [2.75, 3.05) is 28.4 Å². The van der Waals surface area contributed by atoms with E-state index < -0.39 is 5.41 Å². The summed E-state index contributed by atoms with van der Waals surface area (Å²) in [5.41, 5.74) is 7.54. The molecule has 0 heterocycles. The first kappa shape index (κ1) is 30.5. The molecule has 0 saturated carbocycles. The van der Waals surface area contributed by atoms with Gasteiger partial charge in [-0.25, -0.2) is 0 Å². The maximum atomic E-state index is 5.55. The molecular weight excluding hydrogens is 568 g/mol. The molecule has 230 valence electrons. The van der Waals surface area contributed by atoms with Crippen molar-refractivity contribution in [1.82, 2.24) is 0 Å². The fourth-order valence-electron chi connectivity index (χ4n) is 6.47. The first-order valence-electron chi connectivity index (χ1n) is 15.3. The lowest BCUT2D eigenvalue weighted by atomic mass is 9.65. The molecule has 6 aromatic rings. The van der Waals surface area contributed by atoms with Crippen LogP contribution < -0.4 is 18.9 Å². The second-order valence-electron chi connectivity index (χ2n) is 11.2. The summed E-state index contributed by atoms with van der Waals surface area (Å²) >= 11 is 0. The van der Waals surface area contributed by atoms with Crippen molar-refractivity contribution in [3.63, 3.8) is 0 Å². The quantitative estimate of drug-likeness (QED) is 0.138. The van der Waals surface area contributed by atoms with Crippen LogP contribution in [0.3, 0.4) is 0 Å². The summed E-state index contributed by atoms with van der Waals surface area (Å²) in [6, 6.07) is 53.2. The summed E-state index contributed by atoms with van der Waals surface area (Å²) in [5, 5.41) is 0. The standard InChI is InChI=1S/C42H38O4/c1-43-37-22-12-31(13-23-37)41(32-14-24-38(44-2)25-15-32)30-10-16-34(17-11-30)42(33-8-6-5-7-9-33,35-18-26-39(45-3)27-19-35)36-20-28-40(46-4)29-21-36/h5-29,41H,1-4H3. The van der Waals surface area contributed by atoms with Crippen molar-refractivity contribution >= 4 is 0 Å². The number of rotatable bonds is 11. The fraction of sp³-hybridized carbons (Fsp3) is 0.143. The van der Waals surface area contributed by atoms with Crippen LogP contribution in [-0.2, 0) is 5.41 Å². The maximum Gasteiger partial charge on any atom is 0.118 e. The smallest absolute Gasteiger partial charge is 0.118 e. The van der Waals surface area contributed by atoms with E-state index in [2.05, 4.69) is 103 Å². The van der Waals surface area contributed by atoms with Gasteiger partial charge in [0.15, 0.2) is 0 Å². The van der Waals surface area contributed by atoms with Crippen LogP contribution in [-0.4, -0.2) is 28.4 Å². The lowest BCUT2D eigenvalue weighted by molar-refractivity contribution is 0.414. The van der Waals surface area contributed by atoms with Gasteiger partial charge in [0.25, 0.3) is 0 Å². The zero-order valence-corrected chi connectivity index (χ0v) is 26.6. The molecule has 46 heavy (non-hydrogen) atoms. The molecule has 0 fully saturated rings. The zero-order chi connectivity index (χ0) is 31.9. The largest absolute Gasteiger partial charge is 0.497 e. The molecule has 0 aliphatic rings. The minimum Gasteiger partial charge on any atom is -0.497 e. The first-order valence-corrected chi connectivity index (χ1v) is 15.3. The van der Waals surface area contributed by atoms with Crippen LogP contribution in [0.2, 0.25) is 0 Å². The number of hydrogen-bond donors (Lipinski definition) is 0. The molecule has 0 spiro atoms. The molecule has 0 saturated heterocycles. The first-order chi connectivity index (χ1) is 22.6. The second-order valence-corrected chi connectivity index (χ2v) is 11.2. The lowest BCUT2D eigenvalue weighted by Crippen LogP contribution is -2.31. The van der Waals surface area contributed by atoms with Gasteiger partial charge in [0, 0.05) is 5.92 Å². The average Bonchev–Trinajstić information content (AvgIpc) is 3.14.